The molecule has 1 aromatic carbocycles. The van der Waals surface area contributed by atoms with Gasteiger partial charge in [0.1, 0.15) is 29.0 Å². The van der Waals surface area contributed by atoms with Crippen LogP contribution < -0.4 is 11.1 Å². The molecule has 33 heavy (non-hydrogen) atoms. The maximum absolute atomic E-state index is 14.6. The van der Waals surface area contributed by atoms with Gasteiger partial charge in [0.25, 0.3) is 5.91 Å². The average Bonchev–Trinajstić information content (AvgIpc) is 2.71. The van der Waals surface area contributed by atoms with E-state index < -0.39 is 41.5 Å². The molecule has 1 aromatic heterocycles. The van der Waals surface area contributed by atoms with Gasteiger partial charge in [0.15, 0.2) is 0 Å². The van der Waals surface area contributed by atoms with Crippen LogP contribution >= 0.6 is 24.0 Å². The van der Waals surface area contributed by atoms with E-state index in [1.807, 2.05) is 6.07 Å². The normalized spacial score (nSPS) is 22.5. The number of nitrogens with zero attached hydrogens (tertiary/aromatic N) is 3. The Morgan fingerprint density at radius 3 is 2.55 bits per heavy atom. The lowest BCUT2D eigenvalue weighted by Gasteiger charge is -2.41. The Balaban J connectivity index is 0.00000385. The molecular weight excluding hydrogens is 489 g/mol. The van der Waals surface area contributed by atoms with Crippen molar-refractivity contribution >= 4 is 41.4 Å². The highest BCUT2D eigenvalue weighted by Crippen LogP contribution is 2.41. The lowest BCUT2D eigenvalue weighted by atomic mass is 9.89. The summed E-state index contributed by atoms with van der Waals surface area (Å²) >= 11 is 5.97. The van der Waals surface area contributed by atoms with Crippen molar-refractivity contribution in [1.29, 1.82) is 5.26 Å². The molecule has 2 atom stereocenters. The molecule has 13 heteroatoms. The molecule has 0 radical (unpaired) electrons. The van der Waals surface area contributed by atoms with Gasteiger partial charge in [0.2, 0.25) is 5.60 Å². The summed E-state index contributed by atoms with van der Waals surface area (Å²) in [6.07, 6.45) is -3.66. The molecule has 1 aliphatic heterocycles. The molecule has 1 amide bonds. The first-order valence-corrected chi connectivity index (χ1v) is 9.42. The first-order valence-electron chi connectivity index (χ1n) is 9.04. The zero-order chi connectivity index (χ0) is 23.9. The van der Waals surface area contributed by atoms with Gasteiger partial charge in [-0.25, -0.2) is 9.37 Å². The third-order valence-corrected chi connectivity index (χ3v) is 5.32. The van der Waals surface area contributed by atoms with Crippen molar-refractivity contribution in [3.8, 4) is 6.07 Å². The summed E-state index contributed by atoms with van der Waals surface area (Å²) in [7, 11) is 0. The number of benzene rings is 1. The number of halogens is 6. The molecule has 0 spiro atoms. The van der Waals surface area contributed by atoms with Crippen molar-refractivity contribution in [2.45, 2.75) is 31.2 Å². The Hall–Kier alpha value is -2.94. The van der Waals surface area contributed by atoms with Gasteiger partial charge in [-0.15, -0.1) is 12.4 Å². The van der Waals surface area contributed by atoms with Crippen LogP contribution in [0.1, 0.15) is 35.5 Å². The predicted molar refractivity (Wildman–Crippen MR) is 115 cm³/mol. The zero-order valence-corrected chi connectivity index (χ0v) is 18.7. The van der Waals surface area contributed by atoms with Gasteiger partial charge in [-0.3, -0.25) is 9.79 Å². The smallest absolute Gasteiger partial charge is 0.385 e. The number of aliphatic imine (C=N–C) groups is 1. The molecule has 0 bridgehead atoms. The summed E-state index contributed by atoms with van der Waals surface area (Å²) in [5.41, 5.74) is 1.13. The SMILES string of the molecule is C[C@@]1(c2cc(NC(=O)c3ncc(C#N)cc3Cl)ccc2F)CO[C@@](C)(C(F)(F)F)C(N)=N1.Cl. The predicted octanol–water partition coefficient (Wildman–Crippen LogP) is 4.34. The van der Waals surface area contributed by atoms with Gasteiger partial charge in [0, 0.05) is 17.4 Å². The quantitative estimate of drug-likeness (QED) is 0.602. The molecule has 2 heterocycles. The van der Waals surface area contributed by atoms with Gasteiger partial charge in [0.05, 0.1) is 17.2 Å². The monoisotopic (exact) mass is 505 g/mol. The number of amidine groups is 1. The minimum Gasteiger partial charge on any atom is -0.385 e. The molecule has 2 aromatic rings. The fourth-order valence-electron chi connectivity index (χ4n) is 3.00. The minimum atomic E-state index is -4.82. The second kappa shape index (κ2) is 9.13. The number of nitriles is 1. The molecule has 0 saturated carbocycles. The summed E-state index contributed by atoms with van der Waals surface area (Å²) < 4.78 is 59.6. The van der Waals surface area contributed by atoms with Gasteiger partial charge in [-0.1, -0.05) is 11.6 Å². The summed E-state index contributed by atoms with van der Waals surface area (Å²) in [6, 6.07) is 6.57. The van der Waals surface area contributed by atoms with Crippen LogP contribution in [0, 0.1) is 17.1 Å². The number of carbonyl (C=O) groups excluding carboxylic acids is 1. The molecule has 0 fully saturated rings. The van der Waals surface area contributed by atoms with Gasteiger partial charge in [-0.05, 0) is 38.1 Å². The number of rotatable bonds is 3. The van der Waals surface area contributed by atoms with E-state index in [2.05, 4.69) is 15.3 Å². The van der Waals surface area contributed by atoms with Crippen molar-refractivity contribution in [2.75, 3.05) is 11.9 Å². The molecule has 7 nitrogen and oxygen atoms in total. The van der Waals surface area contributed by atoms with Crippen LogP contribution in [0.4, 0.5) is 23.2 Å². The lowest BCUT2D eigenvalue weighted by molar-refractivity contribution is -0.249. The summed E-state index contributed by atoms with van der Waals surface area (Å²) in [5.74, 6) is -2.37. The van der Waals surface area contributed by atoms with E-state index in [1.165, 1.54) is 25.1 Å². The first kappa shape index (κ1) is 26.3. The molecule has 0 aliphatic carbocycles. The highest BCUT2D eigenvalue weighted by molar-refractivity contribution is 6.34. The van der Waals surface area contributed by atoms with E-state index in [1.54, 1.807) is 0 Å². The number of carbonyl (C=O) groups is 1. The molecule has 0 unspecified atom stereocenters. The number of nitrogens with two attached hydrogens (primary N) is 1. The summed E-state index contributed by atoms with van der Waals surface area (Å²) in [4.78, 5) is 20.2. The number of aromatic nitrogens is 1. The second-order valence-electron chi connectivity index (χ2n) is 7.41. The number of anilines is 1. The van der Waals surface area contributed by atoms with Crippen LogP contribution in [0.3, 0.4) is 0 Å². The molecule has 176 valence electrons. The number of hydrogen-bond acceptors (Lipinski definition) is 6. The van der Waals surface area contributed by atoms with Gasteiger partial charge < -0.3 is 15.8 Å². The number of hydrogen-bond donors (Lipinski definition) is 2. The van der Waals surface area contributed by atoms with Crippen LogP contribution in [0.2, 0.25) is 5.02 Å². The highest BCUT2D eigenvalue weighted by atomic mass is 35.5. The Morgan fingerprint density at radius 1 is 1.33 bits per heavy atom. The lowest BCUT2D eigenvalue weighted by Crippen LogP contribution is -2.60. The van der Waals surface area contributed by atoms with Crippen molar-refractivity contribution in [2.24, 2.45) is 10.7 Å². The van der Waals surface area contributed by atoms with E-state index in [0.29, 0.717) is 0 Å². The standard InChI is InChI=1S/C20H16ClF4N5O2.ClH/c1-18(9-32-19(2,17(27)30-18)20(23,24)25)12-6-11(3-4-14(12)22)29-16(31)15-13(21)5-10(7-26)8-28-15;/h3-6,8H,9H2,1-2H3,(H2,27,30)(H,29,31);1H/t18-,19+;/m0./s1. The maximum Gasteiger partial charge on any atom is 0.424 e. The van der Waals surface area contributed by atoms with E-state index in [4.69, 9.17) is 27.3 Å². The Bertz CT molecular complexity index is 1170. The van der Waals surface area contributed by atoms with E-state index >= 15 is 0 Å². The Labute approximate surface area is 197 Å². The van der Waals surface area contributed by atoms with E-state index in [0.717, 1.165) is 19.2 Å². The second-order valence-corrected chi connectivity index (χ2v) is 7.81. The molecule has 3 rings (SSSR count). The number of alkyl halides is 3. The number of amides is 1. The van der Waals surface area contributed by atoms with Crippen LogP contribution in [0.15, 0.2) is 35.5 Å². The van der Waals surface area contributed by atoms with E-state index in [-0.39, 0.29) is 39.9 Å². The Morgan fingerprint density at radius 2 is 2.00 bits per heavy atom. The van der Waals surface area contributed by atoms with Crippen molar-refractivity contribution < 1.29 is 27.1 Å². The van der Waals surface area contributed by atoms with Crippen molar-refractivity contribution in [3.63, 3.8) is 0 Å². The number of nitrogens with one attached hydrogen (secondary N) is 1. The molecule has 3 N–H and O–H groups in total. The summed E-state index contributed by atoms with van der Waals surface area (Å²) in [5, 5.41) is 11.3. The third kappa shape index (κ3) is 4.88. The minimum absolute atomic E-state index is 0. The Kier molecular flexibility index (Phi) is 7.28. The van der Waals surface area contributed by atoms with Gasteiger partial charge in [-0.2, -0.15) is 18.4 Å². The number of ether oxygens (including phenoxy) is 1. The molecule has 1 aliphatic rings. The maximum atomic E-state index is 14.6. The van der Waals surface area contributed by atoms with Crippen LogP contribution in [-0.4, -0.2) is 35.1 Å². The first-order chi connectivity index (χ1) is 14.8. The number of pyridine rings is 1. The molecular formula is C20H17Cl2F4N5O2. The molecule has 0 saturated heterocycles. The van der Waals surface area contributed by atoms with Crippen LogP contribution in [0.5, 0.6) is 0 Å². The third-order valence-electron chi connectivity index (χ3n) is 5.03. The topological polar surface area (TPSA) is 113 Å². The van der Waals surface area contributed by atoms with Crippen molar-refractivity contribution in [1.82, 2.24) is 4.98 Å². The fraction of sp³-hybridized carbons (Fsp3) is 0.300. The summed E-state index contributed by atoms with van der Waals surface area (Å²) in [6.45, 7) is 1.49. The average molecular weight is 506 g/mol. The van der Waals surface area contributed by atoms with Crippen molar-refractivity contribution in [3.05, 3.63) is 58.1 Å². The zero-order valence-electron chi connectivity index (χ0n) is 17.1. The highest BCUT2D eigenvalue weighted by Gasteiger charge is 2.59. The van der Waals surface area contributed by atoms with E-state index in [9.17, 15) is 22.4 Å². The van der Waals surface area contributed by atoms with Gasteiger partial charge >= 0.3 is 6.18 Å². The van der Waals surface area contributed by atoms with Crippen LogP contribution in [0.25, 0.3) is 0 Å². The fourth-order valence-corrected chi connectivity index (χ4v) is 3.25. The largest absolute Gasteiger partial charge is 0.424 e. The van der Waals surface area contributed by atoms with Crippen LogP contribution in [-0.2, 0) is 10.3 Å².